The maximum absolute atomic E-state index is 12.7. The SMILES string of the molecule is CCOC(=O)[C@H]1CCCN(S(=O)(=O)N[C@H](C)c2cc3ccccc3o2)C1. The number of rotatable bonds is 6. The smallest absolute Gasteiger partial charge is 0.310 e. The van der Waals surface area contributed by atoms with Crippen molar-refractivity contribution in [1.82, 2.24) is 9.03 Å². The monoisotopic (exact) mass is 380 g/mol. The molecule has 1 aliphatic rings. The molecule has 0 unspecified atom stereocenters. The van der Waals surface area contributed by atoms with Crippen LogP contribution in [-0.2, 0) is 19.7 Å². The lowest BCUT2D eigenvalue weighted by molar-refractivity contribution is -0.149. The molecule has 7 nitrogen and oxygen atoms in total. The van der Waals surface area contributed by atoms with Gasteiger partial charge in [-0.2, -0.15) is 17.4 Å². The Morgan fingerprint density at radius 2 is 2.19 bits per heavy atom. The van der Waals surface area contributed by atoms with Crippen molar-refractivity contribution in [2.75, 3.05) is 19.7 Å². The number of nitrogens with zero attached hydrogens (tertiary/aromatic N) is 1. The summed E-state index contributed by atoms with van der Waals surface area (Å²) in [4.78, 5) is 11.9. The Kier molecular flexibility index (Phi) is 5.64. The first-order valence-corrected chi connectivity index (χ1v) is 10.3. The van der Waals surface area contributed by atoms with Crippen LogP contribution in [0.5, 0.6) is 0 Å². The van der Waals surface area contributed by atoms with Gasteiger partial charge in [0.1, 0.15) is 11.3 Å². The van der Waals surface area contributed by atoms with Gasteiger partial charge in [-0.3, -0.25) is 4.79 Å². The Bertz CT molecular complexity index is 844. The van der Waals surface area contributed by atoms with Crippen LogP contribution in [0.15, 0.2) is 34.7 Å². The van der Waals surface area contributed by atoms with E-state index in [1.165, 1.54) is 4.31 Å². The summed E-state index contributed by atoms with van der Waals surface area (Å²) in [7, 11) is -3.73. The normalized spacial score (nSPS) is 20.2. The molecule has 1 aromatic carbocycles. The zero-order valence-corrected chi connectivity index (χ0v) is 15.8. The van der Waals surface area contributed by atoms with Crippen molar-refractivity contribution in [3.8, 4) is 0 Å². The molecule has 0 bridgehead atoms. The fourth-order valence-electron chi connectivity index (χ4n) is 3.19. The molecule has 1 aromatic heterocycles. The molecule has 0 radical (unpaired) electrons. The third-order valence-electron chi connectivity index (χ3n) is 4.54. The Balaban J connectivity index is 1.70. The number of hydrogen-bond acceptors (Lipinski definition) is 5. The van der Waals surface area contributed by atoms with Crippen LogP contribution in [0.2, 0.25) is 0 Å². The second-order valence-electron chi connectivity index (χ2n) is 6.48. The summed E-state index contributed by atoms with van der Waals surface area (Å²) < 4.78 is 40.2. The van der Waals surface area contributed by atoms with E-state index in [1.807, 2.05) is 30.3 Å². The van der Waals surface area contributed by atoms with Crippen molar-refractivity contribution in [3.05, 3.63) is 36.1 Å². The summed E-state index contributed by atoms with van der Waals surface area (Å²) in [5, 5.41) is 0.925. The van der Waals surface area contributed by atoms with Gasteiger partial charge >= 0.3 is 5.97 Å². The largest absolute Gasteiger partial charge is 0.466 e. The van der Waals surface area contributed by atoms with Crippen LogP contribution in [0, 0.1) is 5.92 Å². The zero-order chi connectivity index (χ0) is 18.7. The van der Waals surface area contributed by atoms with Crippen LogP contribution < -0.4 is 4.72 Å². The average Bonchev–Trinajstić information content (AvgIpc) is 3.06. The number of para-hydroxylation sites is 1. The molecule has 1 fully saturated rings. The number of carbonyl (C=O) groups is 1. The standard InChI is InChI=1S/C18H24N2O5S/c1-3-24-18(21)15-8-6-10-20(12-15)26(22,23)19-13(2)17-11-14-7-4-5-9-16(14)25-17/h4-5,7,9,11,13,15,19H,3,6,8,10,12H2,1-2H3/t13-,15+/m1/s1. The van der Waals surface area contributed by atoms with Crippen LogP contribution in [0.25, 0.3) is 11.0 Å². The lowest BCUT2D eigenvalue weighted by Crippen LogP contribution is -2.48. The maximum atomic E-state index is 12.7. The first kappa shape index (κ1) is 18.9. The highest BCUT2D eigenvalue weighted by Crippen LogP contribution is 2.25. The lowest BCUT2D eigenvalue weighted by atomic mass is 10.0. The van der Waals surface area contributed by atoms with Crippen LogP contribution in [0.4, 0.5) is 0 Å². The maximum Gasteiger partial charge on any atom is 0.310 e. The summed E-state index contributed by atoms with van der Waals surface area (Å²) in [6, 6.07) is 8.84. The van der Waals surface area contributed by atoms with E-state index in [1.54, 1.807) is 13.8 Å². The molecule has 0 saturated carbocycles. The predicted molar refractivity (Wildman–Crippen MR) is 97.6 cm³/mol. The minimum Gasteiger partial charge on any atom is -0.466 e. The van der Waals surface area contributed by atoms with Crippen LogP contribution >= 0.6 is 0 Å². The highest BCUT2D eigenvalue weighted by atomic mass is 32.2. The summed E-state index contributed by atoms with van der Waals surface area (Å²) in [6.45, 7) is 4.30. The quantitative estimate of drug-likeness (QED) is 0.778. The molecular weight excluding hydrogens is 356 g/mol. The molecule has 2 atom stereocenters. The van der Waals surface area contributed by atoms with Gasteiger partial charge in [-0.05, 0) is 38.8 Å². The molecule has 0 aliphatic carbocycles. The van der Waals surface area contributed by atoms with E-state index in [9.17, 15) is 13.2 Å². The summed E-state index contributed by atoms with van der Waals surface area (Å²) in [5.41, 5.74) is 0.717. The van der Waals surface area contributed by atoms with Gasteiger partial charge in [0.05, 0.1) is 18.6 Å². The molecule has 1 aliphatic heterocycles. The predicted octanol–water partition coefficient (Wildman–Crippen LogP) is 2.60. The van der Waals surface area contributed by atoms with E-state index in [0.29, 0.717) is 37.3 Å². The Morgan fingerprint density at radius 3 is 2.92 bits per heavy atom. The number of ether oxygens (including phenoxy) is 1. The van der Waals surface area contributed by atoms with Gasteiger partial charge in [-0.25, -0.2) is 0 Å². The first-order chi connectivity index (χ1) is 12.4. The van der Waals surface area contributed by atoms with Gasteiger partial charge in [0, 0.05) is 18.5 Å². The highest BCUT2D eigenvalue weighted by molar-refractivity contribution is 7.87. The van der Waals surface area contributed by atoms with Crippen LogP contribution in [0.1, 0.15) is 38.5 Å². The minimum atomic E-state index is -3.73. The molecular formula is C18H24N2O5S. The van der Waals surface area contributed by atoms with Crippen LogP contribution in [0.3, 0.4) is 0 Å². The fraction of sp³-hybridized carbons (Fsp3) is 0.500. The number of esters is 1. The topological polar surface area (TPSA) is 88.8 Å². The first-order valence-electron chi connectivity index (χ1n) is 8.83. The van der Waals surface area contributed by atoms with Gasteiger partial charge in [0.2, 0.25) is 0 Å². The van der Waals surface area contributed by atoms with E-state index in [0.717, 1.165) is 5.39 Å². The average molecular weight is 380 g/mol. The third-order valence-corrected chi connectivity index (χ3v) is 6.20. The number of furan rings is 1. The van der Waals surface area contributed by atoms with E-state index in [2.05, 4.69) is 4.72 Å². The Hall–Kier alpha value is -1.90. The number of benzene rings is 1. The van der Waals surface area contributed by atoms with E-state index in [-0.39, 0.29) is 12.5 Å². The molecule has 0 spiro atoms. The second kappa shape index (κ2) is 7.77. The van der Waals surface area contributed by atoms with Gasteiger partial charge < -0.3 is 9.15 Å². The second-order valence-corrected chi connectivity index (χ2v) is 8.18. The number of hydrogen-bond donors (Lipinski definition) is 1. The number of fused-ring (bicyclic) bond motifs is 1. The fourth-order valence-corrected chi connectivity index (χ4v) is 4.64. The van der Waals surface area contributed by atoms with Gasteiger partial charge in [-0.1, -0.05) is 18.2 Å². The molecule has 1 saturated heterocycles. The Morgan fingerprint density at radius 1 is 1.42 bits per heavy atom. The summed E-state index contributed by atoms with van der Waals surface area (Å²) in [6.07, 6.45) is 1.27. The van der Waals surface area contributed by atoms with E-state index in [4.69, 9.17) is 9.15 Å². The van der Waals surface area contributed by atoms with Crippen molar-refractivity contribution < 1.29 is 22.4 Å². The number of carbonyl (C=O) groups excluding carboxylic acids is 1. The van der Waals surface area contributed by atoms with Crippen LogP contribution in [-0.4, -0.2) is 38.4 Å². The Labute approximate surface area is 153 Å². The lowest BCUT2D eigenvalue weighted by Gasteiger charge is -2.31. The van der Waals surface area contributed by atoms with Crippen molar-refractivity contribution in [2.45, 2.75) is 32.7 Å². The number of nitrogens with one attached hydrogen (secondary N) is 1. The molecule has 142 valence electrons. The van der Waals surface area contributed by atoms with Crippen molar-refractivity contribution in [2.24, 2.45) is 5.92 Å². The van der Waals surface area contributed by atoms with Crippen molar-refractivity contribution in [1.29, 1.82) is 0 Å². The van der Waals surface area contributed by atoms with E-state index >= 15 is 0 Å². The number of piperidine rings is 1. The molecule has 8 heteroatoms. The molecule has 2 aromatic rings. The van der Waals surface area contributed by atoms with Crippen molar-refractivity contribution >= 4 is 27.1 Å². The summed E-state index contributed by atoms with van der Waals surface area (Å²) in [5.74, 6) is -0.201. The molecule has 26 heavy (non-hydrogen) atoms. The highest BCUT2D eigenvalue weighted by Gasteiger charge is 2.34. The third kappa shape index (κ3) is 4.08. The zero-order valence-electron chi connectivity index (χ0n) is 15.0. The van der Waals surface area contributed by atoms with Crippen molar-refractivity contribution in [3.63, 3.8) is 0 Å². The van der Waals surface area contributed by atoms with Gasteiger partial charge in [-0.15, -0.1) is 0 Å². The molecule has 2 heterocycles. The van der Waals surface area contributed by atoms with Gasteiger partial charge in [0.25, 0.3) is 10.2 Å². The summed E-state index contributed by atoms with van der Waals surface area (Å²) >= 11 is 0. The van der Waals surface area contributed by atoms with Gasteiger partial charge in [0.15, 0.2) is 0 Å². The molecule has 1 N–H and O–H groups in total. The van der Waals surface area contributed by atoms with E-state index < -0.39 is 22.2 Å². The minimum absolute atomic E-state index is 0.140. The molecule has 3 rings (SSSR count). The molecule has 0 amide bonds.